The highest BCUT2D eigenvalue weighted by Crippen LogP contribution is 2.27. The second-order valence-corrected chi connectivity index (χ2v) is 3.62. The van der Waals surface area contributed by atoms with E-state index in [2.05, 4.69) is 5.10 Å². The number of alkyl halides is 3. The van der Waals surface area contributed by atoms with Crippen LogP contribution in [0.5, 0.6) is 0 Å². The summed E-state index contributed by atoms with van der Waals surface area (Å²) in [4.78, 5) is 12.5. The third-order valence-corrected chi connectivity index (χ3v) is 2.24. The maximum atomic E-state index is 12.4. The van der Waals surface area contributed by atoms with Gasteiger partial charge in [-0.25, -0.2) is 4.79 Å². The molecule has 0 aromatic carbocycles. The summed E-state index contributed by atoms with van der Waals surface area (Å²) in [5, 5.41) is 3.16. The summed E-state index contributed by atoms with van der Waals surface area (Å²) >= 11 is 4.69. The van der Waals surface area contributed by atoms with Crippen molar-refractivity contribution in [2.75, 3.05) is 14.1 Å². The molecule has 9 heteroatoms. The minimum absolute atomic E-state index is 0.300. The van der Waals surface area contributed by atoms with E-state index in [1.165, 1.54) is 14.1 Å². The summed E-state index contributed by atoms with van der Waals surface area (Å²) in [7, 11) is 3.90. The number of aromatic nitrogens is 3. The number of amides is 1. The number of carbonyl (C=O) groups excluding carboxylic acids is 1. The van der Waals surface area contributed by atoms with E-state index in [1.807, 2.05) is 0 Å². The predicted molar refractivity (Wildman–Crippen MR) is 51.5 cm³/mol. The van der Waals surface area contributed by atoms with Crippen molar-refractivity contribution in [2.24, 2.45) is 7.05 Å². The molecular weight excluding hydrogens is 245 g/mol. The number of hydrogen-bond donors (Lipinski definition) is 0. The van der Waals surface area contributed by atoms with Crippen LogP contribution >= 0.6 is 12.2 Å². The fourth-order valence-corrected chi connectivity index (χ4v) is 1.20. The van der Waals surface area contributed by atoms with Crippen LogP contribution in [0.25, 0.3) is 0 Å². The van der Waals surface area contributed by atoms with Crippen LogP contribution in [0, 0.1) is 4.77 Å². The molecule has 0 bridgehead atoms. The fraction of sp³-hybridized carbons (Fsp3) is 0.571. The van der Waals surface area contributed by atoms with Gasteiger partial charge in [0.05, 0.1) is 0 Å². The van der Waals surface area contributed by atoms with Gasteiger partial charge in [0, 0.05) is 21.1 Å². The van der Waals surface area contributed by atoms with Crippen molar-refractivity contribution in [1.82, 2.24) is 19.2 Å². The molecule has 0 aliphatic rings. The topological polar surface area (TPSA) is 43.1 Å². The molecule has 1 amide bonds. The summed E-state index contributed by atoms with van der Waals surface area (Å²) in [6, 6.07) is -0.726. The van der Waals surface area contributed by atoms with Crippen molar-refractivity contribution in [2.45, 2.75) is 6.18 Å². The molecule has 16 heavy (non-hydrogen) atoms. The first kappa shape index (κ1) is 12.7. The highest BCUT2D eigenvalue weighted by atomic mass is 32.1. The monoisotopic (exact) mass is 254 g/mol. The third-order valence-electron chi connectivity index (χ3n) is 1.80. The second-order valence-electron chi connectivity index (χ2n) is 3.25. The van der Waals surface area contributed by atoms with Crippen molar-refractivity contribution in [3.05, 3.63) is 10.6 Å². The van der Waals surface area contributed by atoms with E-state index in [0.717, 1.165) is 11.9 Å². The van der Waals surface area contributed by atoms with Gasteiger partial charge in [-0.05, 0) is 12.2 Å². The van der Waals surface area contributed by atoms with Gasteiger partial charge in [-0.15, -0.1) is 5.10 Å². The molecule has 0 fully saturated rings. The first-order valence-electron chi connectivity index (χ1n) is 4.11. The lowest BCUT2D eigenvalue weighted by atomic mass is 10.6. The van der Waals surface area contributed by atoms with E-state index in [0.29, 0.717) is 9.25 Å². The standard InChI is InChI=1S/C7H9F3N4OS/c1-12(2)5(15)14-6(16)13(3)4(11-14)7(8,9)10/h1-3H3. The SMILES string of the molecule is CN(C)C(=O)n1nc(C(F)(F)F)n(C)c1=S. The van der Waals surface area contributed by atoms with E-state index in [4.69, 9.17) is 12.2 Å². The van der Waals surface area contributed by atoms with Crippen molar-refractivity contribution in [3.63, 3.8) is 0 Å². The van der Waals surface area contributed by atoms with Gasteiger partial charge in [0.25, 0.3) is 0 Å². The van der Waals surface area contributed by atoms with E-state index in [-0.39, 0.29) is 4.77 Å². The average Bonchev–Trinajstić information content (AvgIpc) is 2.42. The number of nitrogens with zero attached hydrogens (tertiary/aromatic N) is 4. The van der Waals surface area contributed by atoms with E-state index in [1.54, 1.807) is 0 Å². The van der Waals surface area contributed by atoms with Crippen LogP contribution in [0.1, 0.15) is 5.82 Å². The molecular formula is C7H9F3N4OS. The molecule has 0 aliphatic carbocycles. The summed E-state index contributed by atoms with van der Waals surface area (Å²) in [6.45, 7) is 0. The van der Waals surface area contributed by atoms with Crippen LogP contribution in [0.15, 0.2) is 0 Å². The molecule has 0 radical (unpaired) electrons. The van der Waals surface area contributed by atoms with Crippen molar-refractivity contribution >= 4 is 18.2 Å². The first-order chi connectivity index (χ1) is 7.16. The van der Waals surface area contributed by atoms with Crippen LogP contribution in [0.3, 0.4) is 0 Å². The minimum Gasteiger partial charge on any atom is -0.329 e. The lowest BCUT2D eigenvalue weighted by Crippen LogP contribution is -2.28. The molecule has 5 nitrogen and oxygen atoms in total. The molecule has 0 spiro atoms. The smallest absolute Gasteiger partial charge is 0.329 e. The summed E-state index contributed by atoms with van der Waals surface area (Å²) in [5.74, 6) is -1.20. The van der Waals surface area contributed by atoms with Crippen LogP contribution < -0.4 is 0 Å². The first-order valence-corrected chi connectivity index (χ1v) is 4.52. The van der Waals surface area contributed by atoms with E-state index < -0.39 is 18.0 Å². The second kappa shape index (κ2) is 3.89. The molecule has 1 heterocycles. The molecule has 0 aliphatic heterocycles. The Bertz CT molecular complexity index is 473. The molecule has 0 unspecified atom stereocenters. The van der Waals surface area contributed by atoms with Gasteiger partial charge in [0.2, 0.25) is 10.6 Å². The van der Waals surface area contributed by atoms with Gasteiger partial charge in [-0.1, -0.05) is 0 Å². The number of carbonyl (C=O) groups is 1. The quantitative estimate of drug-likeness (QED) is 0.659. The summed E-state index contributed by atoms with van der Waals surface area (Å²) in [6.07, 6.45) is -4.64. The number of rotatable bonds is 0. The van der Waals surface area contributed by atoms with Gasteiger partial charge in [0.15, 0.2) is 0 Å². The lowest BCUT2D eigenvalue weighted by molar-refractivity contribution is -0.147. The maximum Gasteiger partial charge on any atom is 0.451 e. The zero-order chi connectivity index (χ0) is 12.7. The average molecular weight is 254 g/mol. The van der Waals surface area contributed by atoms with Crippen LogP contribution in [0.4, 0.5) is 18.0 Å². The summed E-state index contributed by atoms with van der Waals surface area (Å²) in [5.41, 5.74) is 0. The largest absolute Gasteiger partial charge is 0.451 e. The van der Waals surface area contributed by atoms with Gasteiger partial charge >= 0.3 is 12.2 Å². The van der Waals surface area contributed by atoms with Gasteiger partial charge in [-0.3, -0.25) is 4.57 Å². The Morgan fingerprint density at radius 1 is 1.44 bits per heavy atom. The highest BCUT2D eigenvalue weighted by Gasteiger charge is 2.38. The molecule has 0 saturated carbocycles. The van der Waals surface area contributed by atoms with E-state index >= 15 is 0 Å². The van der Waals surface area contributed by atoms with Crippen LogP contribution in [-0.2, 0) is 13.2 Å². The molecule has 1 aromatic rings. The Balaban J connectivity index is 3.37. The Morgan fingerprint density at radius 2 is 1.94 bits per heavy atom. The van der Waals surface area contributed by atoms with Crippen molar-refractivity contribution in [1.29, 1.82) is 0 Å². The Labute approximate surface area is 94.1 Å². The molecule has 0 N–H and O–H groups in total. The normalized spacial score (nSPS) is 11.6. The Kier molecular flexibility index (Phi) is 3.08. The zero-order valence-electron chi connectivity index (χ0n) is 8.74. The van der Waals surface area contributed by atoms with Crippen LogP contribution in [0.2, 0.25) is 0 Å². The maximum absolute atomic E-state index is 12.4. The Morgan fingerprint density at radius 3 is 2.25 bits per heavy atom. The predicted octanol–water partition coefficient (Wildman–Crippen LogP) is 1.50. The number of hydrogen-bond acceptors (Lipinski definition) is 3. The lowest BCUT2D eigenvalue weighted by Gasteiger charge is -2.08. The molecule has 90 valence electrons. The number of halogens is 3. The third kappa shape index (κ3) is 2.08. The highest BCUT2D eigenvalue weighted by molar-refractivity contribution is 7.71. The van der Waals surface area contributed by atoms with Crippen molar-refractivity contribution in [3.8, 4) is 0 Å². The summed E-state index contributed by atoms with van der Waals surface area (Å²) < 4.78 is 38.2. The molecule has 1 aromatic heterocycles. The zero-order valence-corrected chi connectivity index (χ0v) is 9.56. The van der Waals surface area contributed by atoms with Gasteiger partial charge < -0.3 is 4.90 Å². The van der Waals surface area contributed by atoms with Crippen molar-refractivity contribution < 1.29 is 18.0 Å². The molecule has 0 atom stereocenters. The van der Waals surface area contributed by atoms with Gasteiger partial charge in [0.1, 0.15) is 0 Å². The van der Waals surface area contributed by atoms with Gasteiger partial charge in [-0.2, -0.15) is 17.9 Å². The van der Waals surface area contributed by atoms with Crippen LogP contribution in [-0.4, -0.2) is 39.4 Å². The minimum atomic E-state index is -4.64. The molecule has 1 rings (SSSR count). The fourth-order valence-electron chi connectivity index (χ4n) is 0.998. The Hall–Kier alpha value is -1.38. The molecule has 0 saturated heterocycles. The van der Waals surface area contributed by atoms with E-state index in [9.17, 15) is 18.0 Å².